The van der Waals surface area contributed by atoms with Gasteiger partial charge in [0.2, 0.25) is 5.91 Å². The summed E-state index contributed by atoms with van der Waals surface area (Å²) in [5.41, 5.74) is 1.14. The van der Waals surface area contributed by atoms with Crippen molar-refractivity contribution in [3.63, 3.8) is 0 Å². The molecule has 2 aromatic carbocycles. The third-order valence-electron chi connectivity index (χ3n) is 7.45. The van der Waals surface area contributed by atoms with Gasteiger partial charge in [0.25, 0.3) is 0 Å². The maximum absolute atomic E-state index is 13.4. The van der Waals surface area contributed by atoms with Crippen molar-refractivity contribution in [1.82, 2.24) is 10.2 Å². The summed E-state index contributed by atoms with van der Waals surface area (Å²) in [6, 6.07) is 15.6. The van der Waals surface area contributed by atoms with Gasteiger partial charge in [0, 0.05) is 18.7 Å². The van der Waals surface area contributed by atoms with Crippen molar-refractivity contribution in [3.05, 3.63) is 59.7 Å². The molecule has 1 atom stereocenters. The molecule has 0 radical (unpaired) electrons. The first-order chi connectivity index (χ1) is 18.2. The van der Waals surface area contributed by atoms with Crippen LogP contribution in [0.1, 0.15) is 66.0 Å². The molecule has 1 unspecified atom stereocenters. The number of benzene rings is 2. The molecule has 2 aliphatic heterocycles. The summed E-state index contributed by atoms with van der Waals surface area (Å²) in [4.78, 5) is 27.4. The molecule has 0 aliphatic carbocycles. The molecule has 9 heteroatoms. The lowest BCUT2D eigenvalue weighted by atomic mass is 9.78. The van der Waals surface area contributed by atoms with Crippen LogP contribution in [0.25, 0.3) is 0 Å². The number of nitrogens with one attached hydrogen (secondary N) is 1. The van der Waals surface area contributed by atoms with Gasteiger partial charge in [-0.3, -0.25) is 4.79 Å². The highest BCUT2D eigenvalue weighted by Crippen LogP contribution is 2.37. The first-order valence-corrected chi connectivity index (χ1v) is 13.6. The third-order valence-corrected chi connectivity index (χ3v) is 7.45. The number of ether oxygens (including phenoxy) is 2. The van der Waals surface area contributed by atoms with Crippen LogP contribution in [-0.2, 0) is 31.9 Å². The number of likely N-dealkylation sites (tertiary alicyclic amines) is 1. The summed E-state index contributed by atoms with van der Waals surface area (Å²) < 4.78 is 24.1. The lowest BCUT2D eigenvalue weighted by molar-refractivity contribution is -0.129. The van der Waals surface area contributed by atoms with E-state index in [2.05, 4.69) is 5.32 Å². The second-order valence-corrected chi connectivity index (χ2v) is 12.4. The van der Waals surface area contributed by atoms with Crippen LogP contribution >= 0.6 is 0 Å². The maximum atomic E-state index is 13.4. The second kappa shape index (κ2) is 11.2. The van der Waals surface area contributed by atoms with Gasteiger partial charge < -0.3 is 29.0 Å². The van der Waals surface area contributed by atoms with Gasteiger partial charge >= 0.3 is 13.2 Å². The van der Waals surface area contributed by atoms with E-state index in [0.29, 0.717) is 31.9 Å². The Labute approximate surface area is 232 Å². The fraction of sp³-hybridized carbons (Fsp3) is 0.533. The molecule has 1 N–H and O–H groups in total. The number of alkyl carbamates (subject to hydrolysis) is 1. The Hall–Kier alpha value is -3.04. The van der Waals surface area contributed by atoms with Gasteiger partial charge in [-0.15, -0.1) is 0 Å². The number of carbonyl (C=O) groups is 2. The van der Waals surface area contributed by atoms with Crippen molar-refractivity contribution in [1.29, 1.82) is 0 Å². The largest absolute Gasteiger partial charge is 0.494 e. The fourth-order valence-electron chi connectivity index (χ4n) is 4.59. The molecule has 2 saturated heterocycles. The van der Waals surface area contributed by atoms with Crippen molar-refractivity contribution in [2.24, 2.45) is 0 Å². The van der Waals surface area contributed by atoms with Gasteiger partial charge in [-0.05, 0) is 72.0 Å². The Morgan fingerprint density at radius 2 is 1.72 bits per heavy atom. The third kappa shape index (κ3) is 7.34. The zero-order valence-electron chi connectivity index (χ0n) is 24.2. The van der Waals surface area contributed by atoms with E-state index in [1.807, 2.05) is 97.0 Å². The number of amides is 2. The Kier molecular flexibility index (Phi) is 8.33. The van der Waals surface area contributed by atoms with E-state index in [1.165, 1.54) is 0 Å². The summed E-state index contributed by atoms with van der Waals surface area (Å²) in [5.74, 6) is 0.620. The number of rotatable bonds is 7. The molecule has 4 rings (SSSR count). The molecule has 2 amide bonds. The Bertz CT molecular complexity index is 1160. The van der Waals surface area contributed by atoms with Crippen LogP contribution in [-0.4, -0.2) is 60.0 Å². The summed E-state index contributed by atoms with van der Waals surface area (Å²) >= 11 is 0. The first-order valence-electron chi connectivity index (χ1n) is 13.6. The van der Waals surface area contributed by atoms with Crippen LogP contribution < -0.4 is 15.5 Å². The number of hydrogen-bond donors (Lipinski definition) is 1. The molecule has 2 heterocycles. The summed E-state index contributed by atoms with van der Waals surface area (Å²) in [7, 11) is -0.541. The van der Waals surface area contributed by atoms with Crippen LogP contribution in [0.3, 0.4) is 0 Å². The number of carbonyl (C=O) groups excluding carboxylic acids is 2. The van der Waals surface area contributed by atoms with E-state index in [0.717, 1.165) is 16.6 Å². The molecule has 0 spiro atoms. The lowest BCUT2D eigenvalue weighted by Crippen LogP contribution is -2.41. The Balaban J connectivity index is 1.48. The highest BCUT2D eigenvalue weighted by atomic mass is 16.7. The zero-order chi connectivity index (χ0) is 28.4. The van der Waals surface area contributed by atoms with Gasteiger partial charge in [0.15, 0.2) is 0 Å². The van der Waals surface area contributed by atoms with Crippen LogP contribution in [0.4, 0.5) is 4.79 Å². The minimum atomic E-state index is -0.573. The van der Waals surface area contributed by atoms with E-state index in [-0.39, 0.29) is 18.4 Å². The van der Waals surface area contributed by atoms with Crippen molar-refractivity contribution in [2.75, 3.05) is 13.1 Å². The van der Waals surface area contributed by atoms with Gasteiger partial charge in [-0.25, -0.2) is 4.79 Å². The monoisotopic (exact) mass is 536 g/mol. The summed E-state index contributed by atoms with van der Waals surface area (Å²) in [5, 5.41) is 2.88. The van der Waals surface area contributed by atoms with Gasteiger partial charge in [-0.2, -0.15) is 0 Å². The lowest BCUT2D eigenvalue weighted by Gasteiger charge is -2.32. The summed E-state index contributed by atoms with van der Waals surface area (Å²) in [6.07, 6.45) is 0.376. The highest BCUT2D eigenvalue weighted by Gasteiger charge is 2.51. The van der Waals surface area contributed by atoms with Crippen LogP contribution in [0.2, 0.25) is 0 Å². The quantitative estimate of drug-likeness (QED) is 0.533. The number of nitrogens with zero attached hydrogens (tertiary/aromatic N) is 1. The predicted octanol–water partition coefficient (Wildman–Crippen LogP) is 4.23. The molecule has 210 valence electrons. The van der Waals surface area contributed by atoms with Gasteiger partial charge in [0.1, 0.15) is 18.0 Å². The zero-order valence-corrected chi connectivity index (χ0v) is 24.2. The highest BCUT2D eigenvalue weighted by molar-refractivity contribution is 6.62. The second-order valence-electron chi connectivity index (χ2n) is 12.4. The van der Waals surface area contributed by atoms with Crippen LogP contribution in [0.5, 0.6) is 5.75 Å². The van der Waals surface area contributed by atoms with Gasteiger partial charge in [0.05, 0.1) is 23.7 Å². The average Bonchev–Trinajstić information content (AvgIpc) is 3.38. The van der Waals surface area contributed by atoms with Crippen molar-refractivity contribution in [2.45, 2.75) is 90.8 Å². The van der Waals surface area contributed by atoms with E-state index < -0.39 is 30.0 Å². The summed E-state index contributed by atoms with van der Waals surface area (Å²) in [6.45, 7) is 14.9. The molecular formula is C30H41BN2O6. The Morgan fingerprint density at radius 1 is 1.05 bits per heavy atom. The molecule has 0 saturated carbocycles. The maximum Gasteiger partial charge on any atom is 0.494 e. The molecule has 39 heavy (non-hydrogen) atoms. The first kappa shape index (κ1) is 29.0. The van der Waals surface area contributed by atoms with Crippen LogP contribution in [0, 0.1) is 0 Å². The minimum absolute atomic E-state index is 0.0286. The standard InChI is InChI=1S/C30H41BN2O6/c1-28(2,3)37-27(35)32-24-15-16-33(19-24)26(34)18-22-17-23(31-38-29(4,5)30(6,7)39-31)13-14-25(22)36-20-21-11-9-8-10-12-21/h8-14,17,24H,15-16,18-20H2,1-7H3,(H,32,35). The molecular weight excluding hydrogens is 495 g/mol. The van der Waals surface area contributed by atoms with E-state index in [9.17, 15) is 9.59 Å². The molecule has 2 fully saturated rings. The SMILES string of the molecule is CC(C)(C)OC(=O)NC1CCN(C(=O)Cc2cc(B3OC(C)(C)C(C)(C)O3)ccc2OCc2ccccc2)C1. The smallest absolute Gasteiger partial charge is 0.489 e. The van der Waals surface area contributed by atoms with Crippen molar-refractivity contribution in [3.8, 4) is 5.75 Å². The van der Waals surface area contributed by atoms with Crippen molar-refractivity contribution >= 4 is 24.6 Å². The normalized spacial score (nSPS) is 20.1. The molecule has 0 aromatic heterocycles. The van der Waals surface area contributed by atoms with Crippen molar-refractivity contribution < 1.29 is 28.4 Å². The topological polar surface area (TPSA) is 86.3 Å². The average molecular weight is 536 g/mol. The minimum Gasteiger partial charge on any atom is -0.489 e. The van der Waals surface area contributed by atoms with Crippen LogP contribution in [0.15, 0.2) is 48.5 Å². The van der Waals surface area contributed by atoms with Gasteiger partial charge in [-0.1, -0.05) is 42.5 Å². The van der Waals surface area contributed by atoms with E-state index >= 15 is 0 Å². The van der Waals surface area contributed by atoms with E-state index in [4.69, 9.17) is 18.8 Å². The molecule has 8 nitrogen and oxygen atoms in total. The molecule has 2 aromatic rings. The number of hydrogen-bond acceptors (Lipinski definition) is 6. The Morgan fingerprint density at radius 3 is 2.36 bits per heavy atom. The predicted molar refractivity (Wildman–Crippen MR) is 151 cm³/mol. The fourth-order valence-corrected chi connectivity index (χ4v) is 4.59. The molecule has 0 bridgehead atoms. The van der Waals surface area contributed by atoms with E-state index in [1.54, 1.807) is 4.90 Å². The molecule has 2 aliphatic rings.